The van der Waals surface area contributed by atoms with Crippen LogP contribution in [0.5, 0.6) is 0 Å². The summed E-state index contributed by atoms with van der Waals surface area (Å²) in [5.41, 5.74) is 1.10. The molecule has 0 aliphatic carbocycles. The lowest BCUT2D eigenvalue weighted by Crippen LogP contribution is -2.18. The van der Waals surface area contributed by atoms with Crippen LogP contribution >= 0.6 is 15.9 Å². The molecule has 1 heterocycles. The van der Waals surface area contributed by atoms with Gasteiger partial charge >= 0.3 is 0 Å². The Morgan fingerprint density at radius 2 is 2.00 bits per heavy atom. The summed E-state index contributed by atoms with van der Waals surface area (Å²) in [6.07, 6.45) is -1.59. The zero-order valence-electron chi connectivity index (χ0n) is 9.39. The van der Waals surface area contributed by atoms with Crippen LogP contribution in [0.3, 0.4) is 0 Å². The highest BCUT2D eigenvalue weighted by Gasteiger charge is 2.29. The molecule has 1 aliphatic heterocycles. The smallest absolute Gasteiger partial charge is 0.296 e. The normalized spacial score (nSPS) is 17.3. The fourth-order valence-electron chi connectivity index (χ4n) is 1.84. The number of alkyl halides is 1. The van der Waals surface area contributed by atoms with Crippen LogP contribution in [-0.2, 0) is 4.79 Å². The van der Waals surface area contributed by atoms with Gasteiger partial charge in [0.2, 0.25) is 0 Å². The van der Waals surface area contributed by atoms with Crippen molar-refractivity contribution in [1.29, 1.82) is 0 Å². The second-order valence-corrected chi connectivity index (χ2v) is 4.87. The number of anilines is 1. The molecule has 2 rings (SSSR count). The molecule has 5 nitrogen and oxygen atoms in total. The third kappa shape index (κ3) is 2.31. The first-order valence-electron chi connectivity index (χ1n) is 5.46. The molecule has 6 heteroatoms. The van der Waals surface area contributed by atoms with E-state index >= 15 is 0 Å². The van der Waals surface area contributed by atoms with Crippen molar-refractivity contribution in [3.05, 3.63) is 29.3 Å². The molecule has 0 aromatic heterocycles. The molecule has 0 radical (unpaired) electrons. The molecule has 2 atom stereocenters. The maximum absolute atomic E-state index is 11.5. The van der Waals surface area contributed by atoms with Crippen LogP contribution in [0.1, 0.15) is 28.4 Å². The molecule has 1 aromatic carbocycles. The van der Waals surface area contributed by atoms with E-state index in [9.17, 15) is 19.8 Å². The first-order valence-corrected chi connectivity index (χ1v) is 6.58. The number of Topliss-reactive ketones (excluding diaryl/α,β-unsaturated/α-hetero) is 1. The Kier molecular flexibility index (Phi) is 3.79. The predicted octanol–water partition coefficient (Wildman–Crippen LogP) is 1.00. The van der Waals surface area contributed by atoms with Crippen LogP contribution in [0, 0.1) is 0 Å². The molecule has 0 saturated carbocycles. The number of amides is 1. The SMILES string of the molecule is O=C1Nc2ccc(C(O)C(O)CCBr)cc2C1=O. The zero-order valence-corrected chi connectivity index (χ0v) is 11.0. The minimum absolute atomic E-state index is 0.239. The lowest BCUT2D eigenvalue weighted by atomic mass is 9.99. The number of carbonyl (C=O) groups excluding carboxylic acids is 2. The van der Waals surface area contributed by atoms with Gasteiger partial charge in [-0.1, -0.05) is 22.0 Å². The van der Waals surface area contributed by atoms with E-state index in [4.69, 9.17) is 0 Å². The molecule has 1 amide bonds. The number of ketones is 1. The summed E-state index contributed by atoms with van der Waals surface area (Å²) in [6, 6.07) is 4.58. The van der Waals surface area contributed by atoms with E-state index in [2.05, 4.69) is 21.2 Å². The first kappa shape index (κ1) is 13.2. The Morgan fingerprint density at radius 3 is 2.67 bits per heavy atom. The van der Waals surface area contributed by atoms with Crippen molar-refractivity contribution in [3.63, 3.8) is 0 Å². The lowest BCUT2D eigenvalue weighted by molar-refractivity contribution is -0.112. The van der Waals surface area contributed by atoms with Crippen LogP contribution in [0.2, 0.25) is 0 Å². The highest BCUT2D eigenvalue weighted by molar-refractivity contribution is 9.09. The van der Waals surface area contributed by atoms with E-state index in [0.29, 0.717) is 23.0 Å². The minimum Gasteiger partial charge on any atom is -0.390 e. The molecule has 2 unspecified atom stereocenters. The maximum atomic E-state index is 11.5. The van der Waals surface area contributed by atoms with Gasteiger partial charge in [0, 0.05) is 5.33 Å². The van der Waals surface area contributed by atoms with Crippen LogP contribution in [-0.4, -0.2) is 33.3 Å². The fraction of sp³-hybridized carbons (Fsp3) is 0.333. The van der Waals surface area contributed by atoms with Gasteiger partial charge in [-0.3, -0.25) is 9.59 Å². The van der Waals surface area contributed by atoms with Gasteiger partial charge in [-0.25, -0.2) is 0 Å². The predicted molar refractivity (Wildman–Crippen MR) is 68.8 cm³/mol. The average Bonchev–Trinajstić information content (AvgIpc) is 2.64. The summed E-state index contributed by atoms with van der Waals surface area (Å²) in [5.74, 6) is -1.29. The monoisotopic (exact) mass is 313 g/mol. The van der Waals surface area contributed by atoms with E-state index in [-0.39, 0.29) is 5.56 Å². The second kappa shape index (κ2) is 5.17. The van der Waals surface area contributed by atoms with Crippen LogP contribution < -0.4 is 5.32 Å². The van der Waals surface area contributed by atoms with Crippen molar-refractivity contribution in [3.8, 4) is 0 Å². The van der Waals surface area contributed by atoms with E-state index in [1.54, 1.807) is 12.1 Å². The number of hydrogen-bond acceptors (Lipinski definition) is 4. The van der Waals surface area contributed by atoms with E-state index in [0.717, 1.165) is 0 Å². The summed E-state index contributed by atoms with van der Waals surface area (Å²) in [4.78, 5) is 22.7. The summed E-state index contributed by atoms with van der Waals surface area (Å²) >= 11 is 3.18. The van der Waals surface area contributed by atoms with Gasteiger partial charge < -0.3 is 15.5 Å². The van der Waals surface area contributed by atoms with Gasteiger partial charge in [-0.05, 0) is 24.1 Å². The number of aliphatic hydroxyl groups is 2. The second-order valence-electron chi connectivity index (χ2n) is 4.08. The largest absolute Gasteiger partial charge is 0.390 e. The van der Waals surface area contributed by atoms with E-state index < -0.39 is 23.9 Å². The van der Waals surface area contributed by atoms with Crippen molar-refractivity contribution in [2.24, 2.45) is 0 Å². The number of benzene rings is 1. The molecule has 3 N–H and O–H groups in total. The van der Waals surface area contributed by atoms with Crippen molar-refractivity contribution in [2.45, 2.75) is 18.6 Å². The lowest BCUT2D eigenvalue weighted by Gasteiger charge is -2.17. The molecule has 0 saturated heterocycles. The summed E-state index contributed by atoms with van der Waals surface area (Å²) < 4.78 is 0. The highest BCUT2D eigenvalue weighted by atomic mass is 79.9. The minimum atomic E-state index is -1.07. The van der Waals surface area contributed by atoms with Crippen molar-refractivity contribution >= 4 is 33.3 Å². The number of rotatable bonds is 4. The summed E-state index contributed by atoms with van der Waals surface area (Å²) in [7, 11) is 0. The summed E-state index contributed by atoms with van der Waals surface area (Å²) in [6.45, 7) is 0. The molecule has 0 spiro atoms. The molecule has 18 heavy (non-hydrogen) atoms. The van der Waals surface area contributed by atoms with E-state index in [1.807, 2.05) is 0 Å². The zero-order chi connectivity index (χ0) is 13.3. The van der Waals surface area contributed by atoms with Crippen LogP contribution in [0.25, 0.3) is 0 Å². The molecule has 0 bridgehead atoms. The van der Waals surface area contributed by atoms with Gasteiger partial charge in [-0.15, -0.1) is 0 Å². The van der Waals surface area contributed by atoms with Gasteiger partial charge in [0.15, 0.2) is 0 Å². The van der Waals surface area contributed by atoms with Gasteiger partial charge in [0.25, 0.3) is 11.7 Å². The van der Waals surface area contributed by atoms with Crippen molar-refractivity contribution in [2.75, 3.05) is 10.6 Å². The third-order valence-electron chi connectivity index (χ3n) is 2.85. The Hall–Kier alpha value is -1.24. The van der Waals surface area contributed by atoms with Gasteiger partial charge in [0.05, 0.1) is 17.4 Å². The average molecular weight is 314 g/mol. The van der Waals surface area contributed by atoms with Gasteiger partial charge in [0.1, 0.15) is 6.10 Å². The quantitative estimate of drug-likeness (QED) is 0.572. The number of hydrogen-bond donors (Lipinski definition) is 3. The molecule has 1 aromatic rings. The molecular formula is C12H12BrNO4. The molecule has 0 fully saturated rings. The Labute approximate surface area is 112 Å². The number of aliphatic hydroxyl groups excluding tert-OH is 2. The Balaban J connectivity index is 2.27. The van der Waals surface area contributed by atoms with Gasteiger partial charge in [-0.2, -0.15) is 0 Å². The number of halogens is 1. The first-order chi connectivity index (χ1) is 8.54. The molecule has 1 aliphatic rings. The van der Waals surface area contributed by atoms with Crippen LogP contribution in [0.4, 0.5) is 5.69 Å². The number of fused-ring (bicyclic) bond motifs is 1. The summed E-state index contributed by atoms with van der Waals surface area (Å²) in [5, 5.41) is 22.6. The Morgan fingerprint density at radius 1 is 1.28 bits per heavy atom. The maximum Gasteiger partial charge on any atom is 0.296 e. The number of nitrogens with one attached hydrogen (secondary N) is 1. The Bertz CT molecular complexity index is 503. The van der Waals surface area contributed by atoms with Crippen LogP contribution in [0.15, 0.2) is 18.2 Å². The molecule has 96 valence electrons. The third-order valence-corrected chi connectivity index (χ3v) is 3.31. The standard InChI is InChI=1S/C12H12BrNO4/c13-4-3-9(15)10(16)6-1-2-8-7(5-6)11(17)12(18)14-8/h1-2,5,9-10,15-16H,3-4H2,(H,14,17,18). The van der Waals surface area contributed by atoms with Crippen molar-refractivity contribution in [1.82, 2.24) is 0 Å². The topological polar surface area (TPSA) is 86.6 Å². The highest BCUT2D eigenvalue weighted by Crippen LogP contribution is 2.28. The van der Waals surface area contributed by atoms with E-state index in [1.165, 1.54) is 6.07 Å². The van der Waals surface area contributed by atoms with Crippen molar-refractivity contribution < 1.29 is 19.8 Å². The number of carbonyl (C=O) groups is 2. The molecular weight excluding hydrogens is 302 g/mol. The fourth-order valence-corrected chi connectivity index (χ4v) is 2.30.